The van der Waals surface area contributed by atoms with E-state index in [1.165, 1.54) is 4.31 Å². The Morgan fingerprint density at radius 1 is 0.700 bits per heavy atom. The second-order valence-electron chi connectivity index (χ2n) is 9.67. The van der Waals surface area contributed by atoms with Crippen molar-refractivity contribution in [3.05, 3.63) is 120 Å². The lowest BCUT2D eigenvalue weighted by Crippen LogP contribution is -2.47. The predicted octanol–water partition coefficient (Wildman–Crippen LogP) is 6.08. The Balaban J connectivity index is 1.57. The third-order valence-corrected chi connectivity index (χ3v) is 8.59. The van der Waals surface area contributed by atoms with Gasteiger partial charge < -0.3 is 19.3 Å². The van der Waals surface area contributed by atoms with Crippen molar-refractivity contribution in [2.24, 2.45) is 0 Å². The van der Waals surface area contributed by atoms with Gasteiger partial charge in [0.05, 0.1) is 31.5 Å². The van der Waals surface area contributed by atoms with E-state index in [-0.39, 0.29) is 4.90 Å². The molecule has 0 N–H and O–H groups in total. The van der Waals surface area contributed by atoms with Crippen molar-refractivity contribution < 1.29 is 17.9 Å². The van der Waals surface area contributed by atoms with Crippen LogP contribution in [0.5, 0.6) is 11.5 Å². The maximum absolute atomic E-state index is 14.0. The van der Waals surface area contributed by atoms with E-state index in [4.69, 9.17) is 9.47 Å². The van der Waals surface area contributed by atoms with E-state index in [9.17, 15) is 8.42 Å². The van der Waals surface area contributed by atoms with E-state index in [1.54, 1.807) is 32.6 Å². The van der Waals surface area contributed by atoms with E-state index >= 15 is 0 Å². The van der Waals surface area contributed by atoms with Crippen LogP contribution >= 0.6 is 0 Å². The summed E-state index contributed by atoms with van der Waals surface area (Å²) in [6.07, 6.45) is 1.77. The number of aryl methyl sites for hydroxylation is 1. The van der Waals surface area contributed by atoms with Gasteiger partial charge in [-0.25, -0.2) is 12.7 Å². The van der Waals surface area contributed by atoms with Crippen molar-refractivity contribution in [3.8, 4) is 11.5 Å². The molecule has 4 aromatic carbocycles. The molecule has 7 nitrogen and oxygen atoms in total. The number of nitrogens with zero attached hydrogens (tertiary/aromatic N) is 3. The van der Waals surface area contributed by atoms with Gasteiger partial charge in [-0.1, -0.05) is 35.9 Å². The average Bonchev–Trinajstić information content (AvgIpc) is 3.00. The molecule has 1 aliphatic heterocycles. The molecule has 4 aromatic rings. The van der Waals surface area contributed by atoms with Crippen LogP contribution in [0.3, 0.4) is 0 Å². The Hall–Kier alpha value is -4.43. The molecule has 206 valence electrons. The van der Waals surface area contributed by atoms with Crippen molar-refractivity contribution in [2.75, 3.05) is 48.1 Å². The van der Waals surface area contributed by atoms with Crippen LogP contribution in [0.4, 0.5) is 17.1 Å². The maximum atomic E-state index is 14.0. The molecule has 1 saturated heterocycles. The van der Waals surface area contributed by atoms with Crippen molar-refractivity contribution in [2.45, 2.75) is 11.8 Å². The summed E-state index contributed by atoms with van der Waals surface area (Å²) in [5.41, 5.74) is 4.54. The van der Waals surface area contributed by atoms with Crippen molar-refractivity contribution >= 4 is 27.1 Å². The largest absolute Gasteiger partial charge is 0.497 e. The van der Waals surface area contributed by atoms with Crippen molar-refractivity contribution in [1.29, 1.82) is 0 Å². The monoisotopic (exact) mass is 555 g/mol. The molecule has 0 amide bonds. The number of sulfonamides is 1. The third kappa shape index (κ3) is 5.92. The van der Waals surface area contributed by atoms with Crippen LogP contribution in [0.25, 0.3) is 0 Å². The van der Waals surface area contributed by atoms with Gasteiger partial charge in [-0.2, -0.15) is 0 Å². The molecule has 0 aromatic heterocycles. The lowest BCUT2D eigenvalue weighted by Gasteiger charge is -2.40. The normalized spacial score (nSPS) is 13.6. The molecule has 0 atom stereocenters. The summed E-state index contributed by atoms with van der Waals surface area (Å²) in [7, 11) is -0.570. The van der Waals surface area contributed by atoms with Crippen LogP contribution in [-0.4, -0.2) is 42.4 Å². The van der Waals surface area contributed by atoms with Gasteiger partial charge in [0.15, 0.2) is 0 Å². The lowest BCUT2D eigenvalue weighted by atomic mass is 10.1. The van der Waals surface area contributed by atoms with Gasteiger partial charge in [-0.05, 0) is 85.3 Å². The summed E-state index contributed by atoms with van der Waals surface area (Å²) in [4.78, 5) is 4.69. The summed E-state index contributed by atoms with van der Waals surface area (Å²) in [6, 6.07) is 32.0. The fourth-order valence-corrected chi connectivity index (χ4v) is 6.10. The third-order valence-electron chi connectivity index (χ3n) is 6.89. The summed E-state index contributed by atoms with van der Waals surface area (Å²) in [5.74, 6) is 1.56. The Kier molecular flexibility index (Phi) is 7.98. The van der Waals surface area contributed by atoms with E-state index in [1.807, 2.05) is 97.9 Å². The quantitative estimate of drug-likeness (QED) is 0.263. The standard InChI is InChI=1S/C32H33N3O4S/c1-25-9-19-32(20-10-25)40(36,37)35(29-7-5-4-6-8-29)23-26-21-33(27-11-15-30(38-2)16-12-27)24-34(22-26)28-13-17-31(39-3)18-14-28/h4-20,23H,21-22,24H2,1-3H3. The highest BCUT2D eigenvalue weighted by molar-refractivity contribution is 7.93. The van der Waals surface area contributed by atoms with Gasteiger partial charge in [0, 0.05) is 30.7 Å². The number of rotatable bonds is 8. The zero-order valence-electron chi connectivity index (χ0n) is 22.9. The summed E-state index contributed by atoms with van der Waals surface area (Å²) in [5, 5.41) is 0. The fourth-order valence-electron chi connectivity index (χ4n) is 4.71. The minimum absolute atomic E-state index is 0.244. The molecule has 0 spiro atoms. The minimum Gasteiger partial charge on any atom is -0.497 e. The molecule has 5 rings (SSSR count). The number of ether oxygens (including phenoxy) is 2. The topological polar surface area (TPSA) is 62.3 Å². The number of benzene rings is 4. The Morgan fingerprint density at radius 2 is 1.20 bits per heavy atom. The SMILES string of the molecule is COc1ccc(N2CC(=CN(c3ccccc3)S(=O)(=O)c3ccc(C)cc3)CN(c3ccc(OC)cc3)C2)cc1. The minimum atomic E-state index is -3.87. The van der Waals surface area contributed by atoms with E-state index in [0.717, 1.165) is 34.0 Å². The molecule has 0 unspecified atom stereocenters. The zero-order chi connectivity index (χ0) is 28.1. The Morgan fingerprint density at radius 3 is 1.68 bits per heavy atom. The first kappa shape index (κ1) is 27.1. The molecule has 0 aliphatic carbocycles. The first-order chi connectivity index (χ1) is 19.4. The van der Waals surface area contributed by atoms with Crippen LogP contribution in [-0.2, 0) is 10.0 Å². The smallest absolute Gasteiger partial charge is 0.268 e. The molecular formula is C32H33N3O4S. The number of anilines is 3. The molecule has 8 heteroatoms. The van der Waals surface area contributed by atoms with Gasteiger partial charge in [0.1, 0.15) is 11.5 Å². The van der Waals surface area contributed by atoms with Crippen LogP contribution in [0, 0.1) is 6.92 Å². The lowest BCUT2D eigenvalue weighted by molar-refractivity contribution is 0.415. The number of methoxy groups -OCH3 is 2. The first-order valence-electron chi connectivity index (χ1n) is 13.0. The van der Waals surface area contributed by atoms with Gasteiger partial charge >= 0.3 is 0 Å². The van der Waals surface area contributed by atoms with Crippen LogP contribution in [0.2, 0.25) is 0 Å². The number of para-hydroxylation sites is 1. The first-order valence-corrected chi connectivity index (χ1v) is 14.4. The van der Waals surface area contributed by atoms with Crippen LogP contribution in [0.15, 0.2) is 120 Å². The summed E-state index contributed by atoms with van der Waals surface area (Å²) >= 11 is 0. The zero-order valence-corrected chi connectivity index (χ0v) is 23.7. The van der Waals surface area contributed by atoms with Crippen molar-refractivity contribution in [1.82, 2.24) is 0 Å². The molecule has 1 aliphatic rings. The van der Waals surface area contributed by atoms with E-state index in [2.05, 4.69) is 9.80 Å². The summed E-state index contributed by atoms with van der Waals surface area (Å²) in [6.45, 7) is 3.69. The van der Waals surface area contributed by atoms with E-state index < -0.39 is 10.0 Å². The van der Waals surface area contributed by atoms with Crippen LogP contribution < -0.4 is 23.6 Å². The second-order valence-corrected chi connectivity index (χ2v) is 11.5. The Bertz CT molecular complexity index is 1500. The molecule has 0 radical (unpaired) electrons. The summed E-state index contributed by atoms with van der Waals surface area (Å²) < 4.78 is 40.1. The van der Waals surface area contributed by atoms with Gasteiger partial charge in [0.25, 0.3) is 10.0 Å². The van der Waals surface area contributed by atoms with Gasteiger partial charge in [-0.15, -0.1) is 0 Å². The molecule has 1 fully saturated rings. The van der Waals surface area contributed by atoms with Crippen molar-refractivity contribution in [3.63, 3.8) is 0 Å². The van der Waals surface area contributed by atoms with Gasteiger partial charge in [-0.3, -0.25) is 0 Å². The number of hydrogen-bond acceptors (Lipinski definition) is 6. The molecule has 40 heavy (non-hydrogen) atoms. The average molecular weight is 556 g/mol. The predicted molar refractivity (Wildman–Crippen MR) is 161 cm³/mol. The van der Waals surface area contributed by atoms with E-state index in [0.29, 0.717) is 25.4 Å². The molecule has 1 heterocycles. The maximum Gasteiger partial charge on any atom is 0.268 e. The highest BCUT2D eigenvalue weighted by Crippen LogP contribution is 2.30. The second kappa shape index (κ2) is 11.8. The molecule has 0 saturated carbocycles. The van der Waals surface area contributed by atoms with Crippen LogP contribution in [0.1, 0.15) is 5.56 Å². The van der Waals surface area contributed by atoms with Gasteiger partial charge in [0.2, 0.25) is 0 Å². The fraction of sp³-hybridized carbons (Fsp3) is 0.188. The highest BCUT2D eigenvalue weighted by Gasteiger charge is 2.27. The molecule has 0 bridgehead atoms. The molecular weight excluding hydrogens is 522 g/mol. The Labute approximate surface area is 236 Å². The number of hydrogen-bond donors (Lipinski definition) is 0. The highest BCUT2D eigenvalue weighted by atomic mass is 32.2.